The third-order valence-corrected chi connectivity index (χ3v) is 2.60. The van der Waals surface area contributed by atoms with E-state index in [0.29, 0.717) is 5.56 Å². The highest BCUT2D eigenvalue weighted by Gasteiger charge is 2.08. The summed E-state index contributed by atoms with van der Waals surface area (Å²) in [6, 6.07) is 9.71. The van der Waals surface area contributed by atoms with Crippen LogP contribution in [0.1, 0.15) is 15.9 Å². The number of nitrogens with one attached hydrogen (secondary N) is 1. The third-order valence-electron chi connectivity index (χ3n) is 2.60. The maximum Gasteiger partial charge on any atom is 0.251 e. The molecule has 0 fully saturated rings. The van der Waals surface area contributed by atoms with Gasteiger partial charge in [0.15, 0.2) is 0 Å². The lowest BCUT2D eigenvalue weighted by atomic mass is 10.1. The number of anilines is 1. The Bertz CT molecular complexity index is 614. The zero-order valence-corrected chi connectivity index (χ0v) is 9.99. The molecule has 5 heteroatoms. The van der Waals surface area contributed by atoms with Crippen LogP contribution >= 0.6 is 0 Å². The van der Waals surface area contributed by atoms with Crippen LogP contribution < -0.4 is 11.1 Å². The van der Waals surface area contributed by atoms with Crippen LogP contribution in [0.4, 0.5) is 14.5 Å². The van der Waals surface area contributed by atoms with Crippen LogP contribution in [0.25, 0.3) is 0 Å². The minimum Gasteiger partial charge on any atom is -0.396 e. The molecule has 0 aromatic heterocycles. The van der Waals surface area contributed by atoms with Gasteiger partial charge in [-0.3, -0.25) is 4.79 Å². The highest BCUT2D eigenvalue weighted by Crippen LogP contribution is 2.12. The molecule has 0 saturated carbocycles. The highest BCUT2D eigenvalue weighted by molar-refractivity contribution is 5.94. The van der Waals surface area contributed by atoms with Gasteiger partial charge < -0.3 is 11.1 Å². The Morgan fingerprint density at radius 3 is 2.63 bits per heavy atom. The second-order valence-corrected chi connectivity index (χ2v) is 4.05. The van der Waals surface area contributed by atoms with Crippen molar-refractivity contribution in [1.29, 1.82) is 0 Å². The van der Waals surface area contributed by atoms with Crippen molar-refractivity contribution in [1.82, 2.24) is 5.32 Å². The first kappa shape index (κ1) is 13.0. The quantitative estimate of drug-likeness (QED) is 0.835. The Kier molecular flexibility index (Phi) is 3.75. The Balaban J connectivity index is 2.03. The van der Waals surface area contributed by atoms with E-state index >= 15 is 0 Å². The molecule has 0 aliphatic heterocycles. The van der Waals surface area contributed by atoms with E-state index in [9.17, 15) is 13.6 Å². The average molecular weight is 262 g/mol. The summed E-state index contributed by atoms with van der Waals surface area (Å²) in [5, 5.41) is 2.58. The van der Waals surface area contributed by atoms with E-state index in [2.05, 4.69) is 5.32 Å². The van der Waals surface area contributed by atoms with Crippen molar-refractivity contribution in [2.45, 2.75) is 6.54 Å². The van der Waals surface area contributed by atoms with E-state index in [1.165, 1.54) is 24.3 Å². The molecule has 1 amide bonds. The summed E-state index contributed by atoms with van der Waals surface area (Å²) < 4.78 is 26.1. The second kappa shape index (κ2) is 5.48. The molecule has 0 saturated heterocycles. The molecule has 0 aliphatic carbocycles. The largest absolute Gasteiger partial charge is 0.396 e. The molecule has 0 bridgehead atoms. The fourth-order valence-electron chi connectivity index (χ4n) is 1.60. The van der Waals surface area contributed by atoms with Gasteiger partial charge in [-0.2, -0.15) is 0 Å². The van der Waals surface area contributed by atoms with Crippen LogP contribution in [0, 0.1) is 11.6 Å². The van der Waals surface area contributed by atoms with Gasteiger partial charge in [0.25, 0.3) is 5.91 Å². The molecule has 0 aliphatic rings. The maximum absolute atomic E-state index is 13.2. The number of amides is 1. The summed E-state index contributed by atoms with van der Waals surface area (Å²) in [6.45, 7) is 0.169. The first-order valence-electron chi connectivity index (χ1n) is 5.64. The normalized spacial score (nSPS) is 10.2. The minimum absolute atomic E-state index is 0.0123. The molecule has 0 atom stereocenters. The number of nitrogens with two attached hydrogens (primary N) is 1. The first-order chi connectivity index (χ1) is 9.06. The lowest BCUT2D eigenvalue weighted by Gasteiger charge is -2.06. The summed E-state index contributed by atoms with van der Waals surface area (Å²) in [5.41, 5.74) is 6.11. The number of hydrogen-bond donors (Lipinski definition) is 2. The fourth-order valence-corrected chi connectivity index (χ4v) is 1.60. The van der Waals surface area contributed by atoms with E-state index in [0.717, 1.165) is 6.07 Å². The Hall–Kier alpha value is -2.43. The number of carbonyl (C=O) groups is 1. The van der Waals surface area contributed by atoms with Crippen LogP contribution in [0.2, 0.25) is 0 Å². The van der Waals surface area contributed by atoms with Crippen molar-refractivity contribution in [2.24, 2.45) is 0 Å². The van der Waals surface area contributed by atoms with Crippen molar-refractivity contribution in [2.75, 3.05) is 5.73 Å². The smallest absolute Gasteiger partial charge is 0.251 e. The zero-order chi connectivity index (χ0) is 13.8. The molecular weight excluding hydrogens is 250 g/mol. The van der Waals surface area contributed by atoms with Crippen molar-refractivity contribution < 1.29 is 13.6 Å². The van der Waals surface area contributed by atoms with Gasteiger partial charge in [0, 0.05) is 12.1 Å². The van der Waals surface area contributed by atoms with Gasteiger partial charge in [-0.15, -0.1) is 0 Å². The Morgan fingerprint density at radius 1 is 1.16 bits per heavy atom. The monoisotopic (exact) mass is 262 g/mol. The topological polar surface area (TPSA) is 55.1 Å². The van der Waals surface area contributed by atoms with Crippen LogP contribution in [0.5, 0.6) is 0 Å². The SMILES string of the molecule is Nc1ccc(C(=O)NCc2cccc(F)c2)cc1F. The number of nitrogen functional groups attached to an aromatic ring is 1. The number of hydrogen-bond acceptors (Lipinski definition) is 2. The van der Waals surface area contributed by atoms with Crippen molar-refractivity contribution >= 4 is 11.6 Å². The second-order valence-electron chi connectivity index (χ2n) is 4.05. The highest BCUT2D eigenvalue weighted by atomic mass is 19.1. The van der Waals surface area contributed by atoms with Gasteiger partial charge in [-0.1, -0.05) is 12.1 Å². The minimum atomic E-state index is -0.640. The molecule has 0 unspecified atom stereocenters. The fraction of sp³-hybridized carbons (Fsp3) is 0.0714. The van der Waals surface area contributed by atoms with Gasteiger partial charge in [0.05, 0.1) is 5.69 Å². The predicted molar refractivity (Wildman–Crippen MR) is 68.4 cm³/mol. The first-order valence-corrected chi connectivity index (χ1v) is 5.64. The molecule has 0 radical (unpaired) electrons. The van der Waals surface area contributed by atoms with E-state index in [-0.39, 0.29) is 23.6 Å². The number of carbonyl (C=O) groups excluding carboxylic acids is 1. The Morgan fingerprint density at radius 2 is 1.95 bits per heavy atom. The van der Waals surface area contributed by atoms with E-state index in [4.69, 9.17) is 5.73 Å². The van der Waals surface area contributed by atoms with E-state index in [1.807, 2.05) is 0 Å². The summed E-state index contributed by atoms with van der Waals surface area (Å²) in [5.74, 6) is -1.45. The molecule has 0 spiro atoms. The summed E-state index contributed by atoms with van der Waals surface area (Å²) in [6.07, 6.45) is 0. The standard InChI is InChI=1S/C14H12F2N2O/c15-11-3-1-2-9(6-11)8-18-14(19)10-4-5-13(17)12(16)7-10/h1-7H,8,17H2,(H,18,19). The van der Waals surface area contributed by atoms with Crippen LogP contribution in [0.3, 0.4) is 0 Å². The molecule has 3 nitrogen and oxygen atoms in total. The van der Waals surface area contributed by atoms with Crippen molar-refractivity contribution in [3.8, 4) is 0 Å². The molecule has 2 rings (SSSR count). The Labute approximate surface area is 109 Å². The summed E-state index contributed by atoms with van der Waals surface area (Å²) >= 11 is 0. The van der Waals surface area contributed by atoms with Crippen molar-refractivity contribution in [3.05, 3.63) is 65.2 Å². The van der Waals surface area contributed by atoms with Crippen molar-refractivity contribution in [3.63, 3.8) is 0 Å². The van der Waals surface area contributed by atoms with E-state index in [1.54, 1.807) is 12.1 Å². The van der Waals surface area contributed by atoms with Gasteiger partial charge in [0.1, 0.15) is 11.6 Å². The molecule has 0 heterocycles. The molecule has 2 aromatic carbocycles. The number of benzene rings is 2. The lowest BCUT2D eigenvalue weighted by Crippen LogP contribution is -2.23. The average Bonchev–Trinajstić information content (AvgIpc) is 2.39. The van der Waals surface area contributed by atoms with Crippen LogP contribution in [-0.4, -0.2) is 5.91 Å². The molecular formula is C14H12F2N2O. The van der Waals surface area contributed by atoms with Gasteiger partial charge >= 0.3 is 0 Å². The van der Waals surface area contributed by atoms with Crippen LogP contribution in [-0.2, 0) is 6.54 Å². The molecule has 2 aromatic rings. The summed E-state index contributed by atoms with van der Waals surface area (Å²) in [7, 11) is 0. The number of rotatable bonds is 3. The lowest BCUT2D eigenvalue weighted by molar-refractivity contribution is 0.0950. The third kappa shape index (κ3) is 3.28. The maximum atomic E-state index is 13.2. The van der Waals surface area contributed by atoms with Gasteiger partial charge in [-0.05, 0) is 35.9 Å². The van der Waals surface area contributed by atoms with Crippen LogP contribution in [0.15, 0.2) is 42.5 Å². The van der Waals surface area contributed by atoms with Gasteiger partial charge in [-0.25, -0.2) is 8.78 Å². The van der Waals surface area contributed by atoms with E-state index < -0.39 is 11.7 Å². The van der Waals surface area contributed by atoms with Gasteiger partial charge in [0.2, 0.25) is 0 Å². The molecule has 3 N–H and O–H groups in total. The zero-order valence-electron chi connectivity index (χ0n) is 9.99. The predicted octanol–water partition coefficient (Wildman–Crippen LogP) is 2.48. The molecule has 19 heavy (non-hydrogen) atoms. The summed E-state index contributed by atoms with van der Waals surface area (Å²) in [4.78, 5) is 11.8. The molecule has 98 valence electrons. The number of halogens is 2.